The second-order valence-corrected chi connectivity index (χ2v) is 5.01. The molecule has 2 rings (SSSR count). The van der Waals surface area contributed by atoms with Crippen LogP contribution in [0.5, 0.6) is 11.5 Å². The summed E-state index contributed by atoms with van der Waals surface area (Å²) < 4.78 is 16.6. The van der Waals surface area contributed by atoms with Crippen molar-refractivity contribution in [2.45, 2.75) is 19.1 Å². The molecule has 1 fully saturated rings. The molecule has 2 unspecified atom stereocenters. The Bertz CT molecular complexity index is 413. The lowest BCUT2D eigenvalue weighted by Crippen LogP contribution is -2.49. The number of methoxy groups -OCH3 is 1. The molecule has 0 amide bonds. The van der Waals surface area contributed by atoms with E-state index in [4.69, 9.17) is 14.2 Å². The molecule has 1 N–H and O–H groups in total. The highest BCUT2D eigenvalue weighted by Crippen LogP contribution is 2.25. The number of aliphatic hydroxyl groups excluding tert-OH is 1. The molecule has 2 atom stereocenters. The normalized spacial score (nSPS) is 23.6. The standard InChI is InChI=1S/C15H23NO4/c1-12-9-16(10-13(11-17)20-12)7-8-19-15-6-4-3-5-14(15)18-2/h3-6,12-13,17H,7-11H2,1-2H3. The minimum absolute atomic E-state index is 0.0637. The summed E-state index contributed by atoms with van der Waals surface area (Å²) >= 11 is 0. The molecule has 1 saturated heterocycles. The van der Waals surface area contributed by atoms with Crippen LogP contribution in [0.15, 0.2) is 24.3 Å². The van der Waals surface area contributed by atoms with Crippen LogP contribution in [0, 0.1) is 0 Å². The zero-order valence-corrected chi connectivity index (χ0v) is 12.1. The lowest BCUT2D eigenvalue weighted by Gasteiger charge is -2.35. The van der Waals surface area contributed by atoms with Gasteiger partial charge in [-0.1, -0.05) is 12.1 Å². The Labute approximate surface area is 120 Å². The fraction of sp³-hybridized carbons (Fsp3) is 0.600. The van der Waals surface area contributed by atoms with Gasteiger partial charge in [0.05, 0.1) is 25.9 Å². The Kier molecular flexibility index (Phi) is 5.64. The van der Waals surface area contributed by atoms with Crippen molar-refractivity contribution in [2.75, 3.05) is 40.0 Å². The molecule has 5 heteroatoms. The lowest BCUT2D eigenvalue weighted by molar-refractivity contribution is -0.0965. The van der Waals surface area contributed by atoms with Gasteiger partial charge in [0.25, 0.3) is 0 Å². The maximum atomic E-state index is 9.20. The third-order valence-corrected chi connectivity index (χ3v) is 3.34. The van der Waals surface area contributed by atoms with Crippen LogP contribution in [0.3, 0.4) is 0 Å². The van der Waals surface area contributed by atoms with E-state index in [1.807, 2.05) is 31.2 Å². The molecule has 1 aromatic carbocycles. The van der Waals surface area contributed by atoms with Gasteiger partial charge >= 0.3 is 0 Å². The van der Waals surface area contributed by atoms with Crippen LogP contribution in [-0.4, -0.2) is 62.2 Å². The molecule has 0 radical (unpaired) electrons. The van der Waals surface area contributed by atoms with Crippen molar-refractivity contribution in [2.24, 2.45) is 0 Å². The molecule has 112 valence electrons. The van der Waals surface area contributed by atoms with Gasteiger partial charge in [-0.25, -0.2) is 0 Å². The molecular formula is C15H23NO4. The average Bonchev–Trinajstić information content (AvgIpc) is 2.47. The predicted molar refractivity (Wildman–Crippen MR) is 76.3 cm³/mol. The Hall–Kier alpha value is -1.30. The van der Waals surface area contributed by atoms with E-state index < -0.39 is 0 Å². The topological polar surface area (TPSA) is 51.2 Å². The second-order valence-electron chi connectivity index (χ2n) is 5.01. The van der Waals surface area contributed by atoms with Gasteiger partial charge < -0.3 is 19.3 Å². The van der Waals surface area contributed by atoms with Crippen LogP contribution in [0.1, 0.15) is 6.92 Å². The highest BCUT2D eigenvalue weighted by atomic mass is 16.5. The predicted octanol–water partition coefficient (Wildman–Crippen LogP) is 1.16. The van der Waals surface area contributed by atoms with E-state index in [0.717, 1.165) is 31.1 Å². The maximum Gasteiger partial charge on any atom is 0.161 e. The van der Waals surface area contributed by atoms with Crippen molar-refractivity contribution in [3.63, 3.8) is 0 Å². The van der Waals surface area contributed by atoms with Crippen molar-refractivity contribution in [3.8, 4) is 11.5 Å². The third kappa shape index (κ3) is 4.10. The van der Waals surface area contributed by atoms with Gasteiger partial charge in [0.15, 0.2) is 11.5 Å². The number of rotatable bonds is 6. The molecule has 1 aliphatic rings. The fourth-order valence-electron chi connectivity index (χ4n) is 2.45. The first-order valence-electron chi connectivity index (χ1n) is 6.97. The van der Waals surface area contributed by atoms with E-state index >= 15 is 0 Å². The summed E-state index contributed by atoms with van der Waals surface area (Å²) in [5.74, 6) is 1.51. The highest BCUT2D eigenvalue weighted by Gasteiger charge is 2.24. The molecule has 5 nitrogen and oxygen atoms in total. The minimum atomic E-state index is -0.0926. The maximum absolute atomic E-state index is 9.20. The molecule has 1 aromatic rings. The van der Waals surface area contributed by atoms with Gasteiger partial charge in [0.2, 0.25) is 0 Å². The van der Waals surface area contributed by atoms with Gasteiger partial charge in [0.1, 0.15) is 6.61 Å². The molecule has 0 bridgehead atoms. The number of aliphatic hydroxyl groups is 1. The summed E-state index contributed by atoms with van der Waals surface area (Å²) in [5.41, 5.74) is 0. The Morgan fingerprint density at radius 2 is 2.05 bits per heavy atom. The van der Waals surface area contributed by atoms with Crippen LogP contribution < -0.4 is 9.47 Å². The molecule has 20 heavy (non-hydrogen) atoms. The van der Waals surface area contributed by atoms with E-state index in [-0.39, 0.29) is 18.8 Å². The smallest absolute Gasteiger partial charge is 0.161 e. The van der Waals surface area contributed by atoms with Crippen molar-refractivity contribution < 1.29 is 19.3 Å². The van der Waals surface area contributed by atoms with Gasteiger partial charge in [-0.3, -0.25) is 4.90 Å². The summed E-state index contributed by atoms with van der Waals surface area (Å²) in [5, 5.41) is 9.20. The number of hydrogen-bond donors (Lipinski definition) is 1. The molecule has 1 heterocycles. The first-order valence-corrected chi connectivity index (χ1v) is 6.97. The van der Waals surface area contributed by atoms with Crippen molar-refractivity contribution in [1.29, 1.82) is 0 Å². The number of benzene rings is 1. The van der Waals surface area contributed by atoms with Crippen LogP contribution in [0.2, 0.25) is 0 Å². The number of hydrogen-bond acceptors (Lipinski definition) is 5. The Balaban J connectivity index is 1.80. The SMILES string of the molecule is COc1ccccc1OCCN1CC(C)OC(CO)C1. The molecule has 0 saturated carbocycles. The molecular weight excluding hydrogens is 258 g/mol. The van der Waals surface area contributed by atoms with Crippen LogP contribution in [0.25, 0.3) is 0 Å². The van der Waals surface area contributed by atoms with E-state index in [0.29, 0.717) is 6.61 Å². The number of morpholine rings is 1. The number of nitrogens with zero attached hydrogens (tertiary/aromatic N) is 1. The second kappa shape index (κ2) is 7.47. The molecule has 1 aliphatic heterocycles. The van der Waals surface area contributed by atoms with Crippen molar-refractivity contribution in [1.82, 2.24) is 4.90 Å². The number of ether oxygens (including phenoxy) is 3. The summed E-state index contributed by atoms with van der Waals surface area (Å²) in [6, 6.07) is 7.63. The summed E-state index contributed by atoms with van der Waals surface area (Å²) in [4.78, 5) is 2.25. The summed E-state index contributed by atoms with van der Waals surface area (Å²) in [7, 11) is 1.64. The van der Waals surface area contributed by atoms with E-state index in [9.17, 15) is 5.11 Å². The van der Waals surface area contributed by atoms with Crippen molar-refractivity contribution in [3.05, 3.63) is 24.3 Å². The van der Waals surface area contributed by atoms with Gasteiger partial charge in [-0.15, -0.1) is 0 Å². The minimum Gasteiger partial charge on any atom is -0.493 e. The van der Waals surface area contributed by atoms with Crippen LogP contribution in [-0.2, 0) is 4.74 Å². The first-order chi connectivity index (χ1) is 9.72. The van der Waals surface area contributed by atoms with Gasteiger partial charge in [-0.05, 0) is 19.1 Å². The van der Waals surface area contributed by atoms with Gasteiger partial charge in [0, 0.05) is 19.6 Å². The van der Waals surface area contributed by atoms with E-state index in [1.54, 1.807) is 7.11 Å². The quantitative estimate of drug-likeness (QED) is 0.848. The zero-order valence-electron chi connectivity index (χ0n) is 12.1. The van der Waals surface area contributed by atoms with Crippen molar-refractivity contribution >= 4 is 0 Å². The Morgan fingerprint density at radius 3 is 2.75 bits per heavy atom. The fourth-order valence-corrected chi connectivity index (χ4v) is 2.45. The zero-order chi connectivity index (χ0) is 14.4. The first kappa shape index (κ1) is 15.1. The summed E-state index contributed by atoms with van der Waals surface area (Å²) in [6.07, 6.45) is 0.0529. The molecule has 0 spiro atoms. The van der Waals surface area contributed by atoms with Crippen LogP contribution in [0.4, 0.5) is 0 Å². The average molecular weight is 281 g/mol. The highest BCUT2D eigenvalue weighted by molar-refractivity contribution is 5.39. The van der Waals surface area contributed by atoms with E-state index in [1.165, 1.54) is 0 Å². The number of para-hydroxylation sites is 2. The monoisotopic (exact) mass is 281 g/mol. The third-order valence-electron chi connectivity index (χ3n) is 3.34. The lowest BCUT2D eigenvalue weighted by atomic mass is 10.2. The van der Waals surface area contributed by atoms with E-state index in [2.05, 4.69) is 4.90 Å². The molecule has 0 aromatic heterocycles. The molecule has 0 aliphatic carbocycles. The van der Waals surface area contributed by atoms with Crippen LogP contribution >= 0.6 is 0 Å². The largest absolute Gasteiger partial charge is 0.493 e. The summed E-state index contributed by atoms with van der Waals surface area (Å²) in [6.45, 7) is 5.10. The Morgan fingerprint density at radius 1 is 1.30 bits per heavy atom. The van der Waals surface area contributed by atoms with Gasteiger partial charge in [-0.2, -0.15) is 0 Å².